The number of hydrogen-bond donors (Lipinski definition) is 1. The van der Waals surface area contributed by atoms with E-state index >= 15 is 0 Å². The summed E-state index contributed by atoms with van der Waals surface area (Å²) in [5.41, 5.74) is 5.75. The average Bonchev–Trinajstić information content (AvgIpc) is 2.28. The molecule has 0 aromatic carbocycles. The SMILES string of the molecule is C=CCN1CCN(C(=O)C(C)C(C)N)CC1. The predicted octanol–water partition coefficient (Wildman–Crippen LogP) is 0.300. The second kappa shape index (κ2) is 6.01. The van der Waals surface area contributed by atoms with Crippen molar-refractivity contribution in [3.63, 3.8) is 0 Å². The van der Waals surface area contributed by atoms with Crippen LogP contribution in [0.15, 0.2) is 12.7 Å². The first-order valence-corrected chi connectivity index (χ1v) is 5.94. The molecule has 92 valence electrons. The van der Waals surface area contributed by atoms with E-state index in [0.717, 1.165) is 32.7 Å². The average molecular weight is 225 g/mol. The molecule has 4 nitrogen and oxygen atoms in total. The van der Waals surface area contributed by atoms with E-state index in [1.807, 2.05) is 24.8 Å². The van der Waals surface area contributed by atoms with Gasteiger partial charge in [0, 0.05) is 38.8 Å². The molecule has 2 atom stereocenters. The van der Waals surface area contributed by atoms with Gasteiger partial charge in [0.1, 0.15) is 0 Å². The fraction of sp³-hybridized carbons (Fsp3) is 0.750. The Bertz CT molecular complexity index is 245. The van der Waals surface area contributed by atoms with Crippen molar-refractivity contribution >= 4 is 5.91 Å². The zero-order chi connectivity index (χ0) is 12.1. The van der Waals surface area contributed by atoms with Crippen LogP contribution in [0.2, 0.25) is 0 Å². The van der Waals surface area contributed by atoms with Crippen LogP contribution in [0.25, 0.3) is 0 Å². The molecule has 1 heterocycles. The normalized spacial score (nSPS) is 21.6. The first kappa shape index (κ1) is 13.2. The van der Waals surface area contributed by atoms with Gasteiger partial charge in [0.05, 0.1) is 5.92 Å². The third-order valence-corrected chi connectivity index (χ3v) is 3.25. The van der Waals surface area contributed by atoms with Crippen LogP contribution in [0.1, 0.15) is 13.8 Å². The summed E-state index contributed by atoms with van der Waals surface area (Å²) in [6.45, 7) is 11.9. The minimum Gasteiger partial charge on any atom is -0.340 e. The summed E-state index contributed by atoms with van der Waals surface area (Å²) in [5, 5.41) is 0. The molecule has 4 heteroatoms. The summed E-state index contributed by atoms with van der Waals surface area (Å²) in [6.07, 6.45) is 1.90. The van der Waals surface area contributed by atoms with Gasteiger partial charge in [-0.1, -0.05) is 13.0 Å². The minimum absolute atomic E-state index is 0.0706. The quantitative estimate of drug-likeness (QED) is 0.700. The van der Waals surface area contributed by atoms with Crippen LogP contribution < -0.4 is 5.73 Å². The zero-order valence-corrected chi connectivity index (χ0v) is 10.4. The van der Waals surface area contributed by atoms with Crippen LogP contribution >= 0.6 is 0 Å². The maximum absolute atomic E-state index is 12.0. The predicted molar refractivity (Wildman–Crippen MR) is 66.0 cm³/mol. The molecule has 0 radical (unpaired) electrons. The molecule has 0 aliphatic carbocycles. The van der Waals surface area contributed by atoms with Gasteiger partial charge in [-0.15, -0.1) is 6.58 Å². The zero-order valence-electron chi connectivity index (χ0n) is 10.4. The molecule has 1 amide bonds. The Kier molecular flexibility index (Phi) is 4.96. The molecule has 0 aromatic heterocycles. The monoisotopic (exact) mass is 225 g/mol. The van der Waals surface area contributed by atoms with Crippen molar-refractivity contribution in [1.29, 1.82) is 0 Å². The summed E-state index contributed by atoms with van der Waals surface area (Å²) in [5.74, 6) is 0.110. The fourth-order valence-corrected chi connectivity index (χ4v) is 1.85. The van der Waals surface area contributed by atoms with Crippen LogP contribution in [0.4, 0.5) is 0 Å². The Labute approximate surface area is 98.1 Å². The van der Waals surface area contributed by atoms with Gasteiger partial charge in [0.2, 0.25) is 5.91 Å². The van der Waals surface area contributed by atoms with Crippen LogP contribution in [-0.2, 0) is 4.79 Å². The lowest BCUT2D eigenvalue weighted by atomic mass is 10.0. The highest BCUT2D eigenvalue weighted by Crippen LogP contribution is 2.09. The van der Waals surface area contributed by atoms with E-state index < -0.39 is 0 Å². The summed E-state index contributed by atoms with van der Waals surface area (Å²) in [7, 11) is 0. The first-order chi connectivity index (χ1) is 7.56. The minimum atomic E-state index is -0.0778. The van der Waals surface area contributed by atoms with E-state index in [-0.39, 0.29) is 17.9 Å². The highest BCUT2D eigenvalue weighted by molar-refractivity contribution is 5.79. The number of nitrogens with two attached hydrogens (primary N) is 1. The van der Waals surface area contributed by atoms with Crippen molar-refractivity contribution in [2.24, 2.45) is 11.7 Å². The van der Waals surface area contributed by atoms with Crippen molar-refractivity contribution in [3.05, 3.63) is 12.7 Å². The van der Waals surface area contributed by atoms with Gasteiger partial charge in [0.25, 0.3) is 0 Å². The molecule has 1 saturated heterocycles. The Morgan fingerprint density at radius 1 is 1.38 bits per heavy atom. The van der Waals surface area contributed by atoms with E-state index in [2.05, 4.69) is 11.5 Å². The van der Waals surface area contributed by atoms with Crippen LogP contribution in [0.5, 0.6) is 0 Å². The second-order valence-corrected chi connectivity index (χ2v) is 4.56. The van der Waals surface area contributed by atoms with Gasteiger partial charge in [-0.05, 0) is 6.92 Å². The number of nitrogens with zero attached hydrogens (tertiary/aromatic N) is 2. The van der Waals surface area contributed by atoms with E-state index in [1.165, 1.54) is 0 Å². The van der Waals surface area contributed by atoms with Gasteiger partial charge in [-0.3, -0.25) is 9.69 Å². The van der Waals surface area contributed by atoms with Crippen molar-refractivity contribution < 1.29 is 4.79 Å². The molecule has 0 aromatic rings. The summed E-state index contributed by atoms with van der Waals surface area (Å²) in [4.78, 5) is 16.2. The molecule has 0 saturated carbocycles. The fourth-order valence-electron chi connectivity index (χ4n) is 1.85. The number of carbonyl (C=O) groups is 1. The highest BCUT2D eigenvalue weighted by Gasteiger charge is 2.26. The van der Waals surface area contributed by atoms with Gasteiger partial charge in [-0.25, -0.2) is 0 Å². The molecule has 0 spiro atoms. The molecule has 2 unspecified atom stereocenters. The summed E-state index contributed by atoms with van der Waals surface area (Å²) in [6, 6.07) is -0.0706. The van der Waals surface area contributed by atoms with Crippen molar-refractivity contribution in [2.75, 3.05) is 32.7 Å². The van der Waals surface area contributed by atoms with Crippen molar-refractivity contribution in [2.45, 2.75) is 19.9 Å². The molecule has 16 heavy (non-hydrogen) atoms. The number of amides is 1. The second-order valence-electron chi connectivity index (χ2n) is 4.56. The molecule has 1 aliphatic rings. The standard InChI is InChI=1S/C12H23N3O/c1-4-5-14-6-8-15(9-7-14)12(16)10(2)11(3)13/h4,10-11H,1,5-9,13H2,2-3H3. The number of piperazine rings is 1. The number of hydrogen-bond acceptors (Lipinski definition) is 3. The van der Waals surface area contributed by atoms with Crippen LogP contribution in [-0.4, -0.2) is 54.5 Å². The third kappa shape index (κ3) is 3.32. The Morgan fingerprint density at radius 3 is 2.38 bits per heavy atom. The van der Waals surface area contributed by atoms with Crippen LogP contribution in [0.3, 0.4) is 0 Å². The van der Waals surface area contributed by atoms with E-state index in [0.29, 0.717) is 0 Å². The van der Waals surface area contributed by atoms with Crippen molar-refractivity contribution in [1.82, 2.24) is 9.80 Å². The Morgan fingerprint density at radius 2 is 1.94 bits per heavy atom. The molecule has 1 aliphatic heterocycles. The van der Waals surface area contributed by atoms with Gasteiger partial charge >= 0.3 is 0 Å². The maximum atomic E-state index is 12.0. The van der Waals surface area contributed by atoms with Gasteiger partial charge in [-0.2, -0.15) is 0 Å². The van der Waals surface area contributed by atoms with Gasteiger partial charge < -0.3 is 10.6 Å². The lowest BCUT2D eigenvalue weighted by Crippen LogP contribution is -2.51. The molecule has 1 fully saturated rings. The van der Waals surface area contributed by atoms with Gasteiger partial charge in [0.15, 0.2) is 0 Å². The molecular formula is C12H23N3O. The van der Waals surface area contributed by atoms with Crippen molar-refractivity contribution in [3.8, 4) is 0 Å². The molecular weight excluding hydrogens is 202 g/mol. The molecule has 2 N–H and O–H groups in total. The first-order valence-electron chi connectivity index (χ1n) is 5.94. The van der Waals surface area contributed by atoms with E-state index in [1.54, 1.807) is 0 Å². The lowest BCUT2D eigenvalue weighted by molar-refractivity contribution is -0.137. The van der Waals surface area contributed by atoms with E-state index in [9.17, 15) is 4.79 Å². The maximum Gasteiger partial charge on any atom is 0.227 e. The largest absolute Gasteiger partial charge is 0.340 e. The topological polar surface area (TPSA) is 49.6 Å². The van der Waals surface area contributed by atoms with E-state index in [4.69, 9.17) is 5.73 Å². The summed E-state index contributed by atoms with van der Waals surface area (Å²) < 4.78 is 0. The molecule has 0 bridgehead atoms. The lowest BCUT2D eigenvalue weighted by Gasteiger charge is -2.36. The summed E-state index contributed by atoms with van der Waals surface area (Å²) >= 11 is 0. The third-order valence-electron chi connectivity index (χ3n) is 3.25. The number of carbonyl (C=O) groups excluding carboxylic acids is 1. The Hall–Kier alpha value is -0.870. The van der Waals surface area contributed by atoms with Crippen LogP contribution in [0, 0.1) is 5.92 Å². The highest BCUT2D eigenvalue weighted by atomic mass is 16.2. The number of rotatable bonds is 4. The smallest absolute Gasteiger partial charge is 0.227 e. The Balaban J connectivity index is 2.41. The molecule has 1 rings (SSSR count).